The van der Waals surface area contributed by atoms with Gasteiger partial charge in [0.05, 0.1) is 12.7 Å². The van der Waals surface area contributed by atoms with Crippen LogP contribution >= 0.6 is 0 Å². The van der Waals surface area contributed by atoms with Gasteiger partial charge in [-0.2, -0.15) is 0 Å². The average Bonchev–Trinajstić information content (AvgIpc) is 2.51. The lowest BCUT2D eigenvalue weighted by atomic mass is 9.93. The zero-order chi connectivity index (χ0) is 15.4. The summed E-state index contributed by atoms with van der Waals surface area (Å²) in [7, 11) is 1.37. The van der Waals surface area contributed by atoms with Crippen molar-refractivity contribution >= 4 is 11.7 Å². The van der Waals surface area contributed by atoms with E-state index in [0.29, 0.717) is 11.6 Å². The molecule has 0 bridgehead atoms. The molecular formula is C17H25NO3. The van der Waals surface area contributed by atoms with Crippen molar-refractivity contribution < 1.29 is 14.6 Å². The van der Waals surface area contributed by atoms with Crippen LogP contribution in [0.4, 0.5) is 5.69 Å². The molecule has 1 aliphatic rings. The molecule has 1 saturated carbocycles. The van der Waals surface area contributed by atoms with E-state index in [2.05, 4.69) is 11.8 Å². The number of anilines is 1. The fourth-order valence-electron chi connectivity index (χ4n) is 3.32. The minimum Gasteiger partial charge on any atom is -0.508 e. The van der Waals surface area contributed by atoms with E-state index in [1.54, 1.807) is 6.07 Å². The van der Waals surface area contributed by atoms with E-state index in [0.717, 1.165) is 17.8 Å². The second kappa shape index (κ2) is 6.83. The first-order chi connectivity index (χ1) is 10.1. The van der Waals surface area contributed by atoms with E-state index in [4.69, 9.17) is 4.74 Å². The number of methoxy groups -OCH3 is 1. The Hall–Kier alpha value is -1.71. The van der Waals surface area contributed by atoms with Gasteiger partial charge < -0.3 is 14.7 Å². The van der Waals surface area contributed by atoms with E-state index in [-0.39, 0.29) is 5.75 Å². The number of phenolic OH excluding ortho intramolecular Hbond substituents is 1. The highest BCUT2D eigenvalue weighted by Gasteiger charge is 2.24. The van der Waals surface area contributed by atoms with Crippen LogP contribution in [0.25, 0.3) is 0 Å². The van der Waals surface area contributed by atoms with Crippen LogP contribution in [0.15, 0.2) is 12.1 Å². The number of carbonyl (C=O) groups excluding carboxylic acids is 1. The molecule has 4 heteroatoms. The molecule has 0 saturated heterocycles. The number of aromatic hydroxyl groups is 1. The molecule has 1 N–H and O–H groups in total. The minimum absolute atomic E-state index is 0.116. The van der Waals surface area contributed by atoms with Crippen molar-refractivity contribution in [3.63, 3.8) is 0 Å². The largest absolute Gasteiger partial charge is 0.508 e. The topological polar surface area (TPSA) is 49.8 Å². The van der Waals surface area contributed by atoms with Crippen LogP contribution < -0.4 is 4.90 Å². The molecule has 1 aliphatic carbocycles. The highest BCUT2D eigenvalue weighted by atomic mass is 16.5. The molecule has 4 nitrogen and oxygen atoms in total. The molecule has 2 rings (SSSR count). The van der Waals surface area contributed by atoms with Gasteiger partial charge in [0.1, 0.15) is 5.75 Å². The van der Waals surface area contributed by atoms with E-state index in [1.165, 1.54) is 45.3 Å². The Bertz CT molecular complexity index is 507. The molecule has 1 fully saturated rings. The van der Waals surface area contributed by atoms with Crippen LogP contribution in [0.1, 0.15) is 54.9 Å². The number of hydrogen-bond donors (Lipinski definition) is 1. The molecule has 0 aromatic heterocycles. The van der Waals surface area contributed by atoms with Crippen LogP contribution in [0, 0.1) is 6.92 Å². The lowest BCUT2D eigenvalue weighted by Gasteiger charge is -2.36. The Morgan fingerprint density at radius 1 is 1.33 bits per heavy atom. The van der Waals surface area contributed by atoms with Crippen molar-refractivity contribution in [3.8, 4) is 5.75 Å². The molecule has 1 aromatic rings. The third-order valence-corrected chi connectivity index (χ3v) is 4.44. The highest BCUT2D eigenvalue weighted by Crippen LogP contribution is 2.33. The number of phenols is 1. The van der Waals surface area contributed by atoms with E-state index >= 15 is 0 Å². The summed E-state index contributed by atoms with van der Waals surface area (Å²) >= 11 is 0. The summed E-state index contributed by atoms with van der Waals surface area (Å²) in [6.07, 6.45) is 6.17. The molecule has 116 valence electrons. The number of ether oxygens (including phenoxy) is 1. The Kier molecular flexibility index (Phi) is 5.10. The van der Waals surface area contributed by atoms with Gasteiger partial charge in [0.15, 0.2) is 0 Å². The first kappa shape index (κ1) is 15.7. The quantitative estimate of drug-likeness (QED) is 0.860. The van der Waals surface area contributed by atoms with Crippen molar-refractivity contribution in [1.82, 2.24) is 0 Å². The first-order valence-corrected chi connectivity index (χ1v) is 7.77. The first-order valence-electron chi connectivity index (χ1n) is 7.77. The lowest BCUT2D eigenvalue weighted by Crippen LogP contribution is -2.37. The normalized spacial score (nSPS) is 15.8. The third-order valence-electron chi connectivity index (χ3n) is 4.44. The summed E-state index contributed by atoms with van der Waals surface area (Å²) in [4.78, 5) is 14.2. The van der Waals surface area contributed by atoms with Crippen LogP contribution in [0.2, 0.25) is 0 Å². The summed E-state index contributed by atoms with van der Waals surface area (Å²) in [5.41, 5.74) is 2.28. The monoisotopic (exact) mass is 291 g/mol. The summed E-state index contributed by atoms with van der Waals surface area (Å²) in [6.45, 7) is 4.91. The maximum Gasteiger partial charge on any atom is 0.338 e. The number of rotatable bonds is 4. The predicted octanol–water partition coefficient (Wildman–Crippen LogP) is 3.65. The molecule has 21 heavy (non-hydrogen) atoms. The molecule has 0 amide bonds. The number of hydrogen-bond acceptors (Lipinski definition) is 4. The summed E-state index contributed by atoms with van der Waals surface area (Å²) < 4.78 is 4.82. The summed E-state index contributed by atoms with van der Waals surface area (Å²) in [5, 5.41) is 9.97. The molecule has 0 atom stereocenters. The van der Waals surface area contributed by atoms with Gasteiger partial charge in [0.2, 0.25) is 0 Å². The molecule has 0 aliphatic heterocycles. The van der Waals surface area contributed by atoms with E-state index < -0.39 is 5.97 Å². The van der Waals surface area contributed by atoms with Gasteiger partial charge in [-0.05, 0) is 38.3 Å². The van der Waals surface area contributed by atoms with Gasteiger partial charge in [-0.25, -0.2) is 4.79 Å². The second-order valence-electron chi connectivity index (χ2n) is 5.71. The van der Waals surface area contributed by atoms with Gasteiger partial charge in [0, 0.05) is 24.3 Å². The Morgan fingerprint density at radius 3 is 2.57 bits per heavy atom. The van der Waals surface area contributed by atoms with Gasteiger partial charge in [0.25, 0.3) is 0 Å². The van der Waals surface area contributed by atoms with E-state index in [1.807, 2.05) is 6.92 Å². The highest BCUT2D eigenvalue weighted by molar-refractivity contribution is 5.93. The summed E-state index contributed by atoms with van der Waals surface area (Å²) in [5.74, 6) is -0.283. The Labute approximate surface area is 126 Å². The van der Waals surface area contributed by atoms with Gasteiger partial charge in [-0.15, -0.1) is 0 Å². The molecule has 0 radical (unpaired) electrons. The fraction of sp³-hybridized carbons (Fsp3) is 0.588. The van der Waals surface area contributed by atoms with Crippen molar-refractivity contribution in [2.75, 3.05) is 18.6 Å². The standard InChI is InChI=1S/C17H25NO3/c1-4-18(13-8-6-5-7-9-13)16-11-14(19)10-15(12(16)2)17(20)21-3/h10-11,13,19H,4-9H2,1-3H3. The number of nitrogens with zero attached hydrogens (tertiary/aromatic N) is 1. The predicted molar refractivity (Wildman–Crippen MR) is 84.1 cm³/mol. The smallest absolute Gasteiger partial charge is 0.338 e. The molecular weight excluding hydrogens is 266 g/mol. The van der Waals surface area contributed by atoms with Crippen molar-refractivity contribution in [3.05, 3.63) is 23.3 Å². The lowest BCUT2D eigenvalue weighted by molar-refractivity contribution is 0.0599. The number of esters is 1. The van der Waals surface area contributed by atoms with E-state index in [9.17, 15) is 9.90 Å². The molecule has 0 spiro atoms. The van der Waals surface area contributed by atoms with Crippen molar-refractivity contribution in [2.24, 2.45) is 0 Å². The van der Waals surface area contributed by atoms with Crippen LogP contribution in [0.3, 0.4) is 0 Å². The second-order valence-corrected chi connectivity index (χ2v) is 5.71. The number of benzene rings is 1. The zero-order valence-electron chi connectivity index (χ0n) is 13.2. The average molecular weight is 291 g/mol. The summed E-state index contributed by atoms with van der Waals surface area (Å²) in [6, 6.07) is 3.74. The molecule has 0 unspecified atom stereocenters. The SMILES string of the molecule is CCN(c1cc(O)cc(C(=O)OC)c1C)C1CCCCC1. The fourth-order valence-corrected chi connectivity index (χ4v) is 3.32. The molecule has 1 aromatic carbocycles. The van der Waals surface area contributed by atoms with Crippen LogP contribution in [-0.2, 0) is 4.74 Å². The minimum atomic E-state index is -0.399. The van der Waals surface area contributed by atoms with Crippen molar-refractivity contribution in [1.29, 1.82) is 0 Å². The third kappa shape index (κ3) is 3.31. The maximum atomic E-state index is 11.9. The molecule has 0 heterocycles. The van der Waals surface area contributed by atoms with Crippen LogP contribution in [-0.4, -0.2) is 30.8 Å². The van der Waals surface area contributed by atoms with Gasteiger partial charge in [-0.1, -0.05) is 19.3 Å². The number of carbonyl (C=O) groups is 1. The zero-order valence-corrected chi connectivity index (χ0v) is 13.2. The van der Waals surface area contributed by atoms with Crippen molar-refractivity contribution in [2.45, 2.75) is 52.0 Å². The maximum absolute atomic E-state index is 11.9. The Morgan fingerprint density at radius 2 is 2.00 bits per heavy atom. The van der Waals surface area contributed by atoms with Gasteiger partial charge >= 0.3 is 5.97 Å². The Balaban J connectivity index is 2.40. The van der Waals surface area contributed by atoms with Crippen LogP contribution in [0.5, 0.6) is 5.75 Å². The van der Waals surface area contributed by atoms with Gasteiger partial charge in [-0.3, -0.25) is 0 Å².